The number of fused-ring (bicyclic) bond motifs is 1. The first-order valence-electron chi connectivity index (χ1n) is 14.0. The van der Waals surface area contributed by atoms with Crippen molar-refractivity contribution < 1.29 is 14.6 Å². The average Bonchev–Trinajstić information content (AvgIpc) is 3.52. The fourth-order valence-corrected chi connectivity index (χ4v) is 6.83. The third-order valence-corrected chi connectivity index (χ3v) is 8.80. The molecule has 0 bridgehead atoms. The minimum absolute atomic E-state index is 0.131. The SMILES string of the molecule is COC[C@@]1(N2CC(c3ccc(O)cc3)=Nc3c2[nH]c(=O)n3CC2CCOCC2)CCCCC1c1cnn(C)c1. The zero-order valence-corrected chi connectivity index (χ0v) is 22.8. The zero-order valence-electron chi connectivity index (χ0n) is 22.8. The van der Waals surface area contributed by atoms with E-state index in [0.29, 0.717) is 31.4 Å². The number of imidazole rings is 1. The Kier molecular flexibility index (Phi) is 7.07. The van der Waals surface area contributed by atoms with Crippen molar-refractivity contribution in [2.24, 2.45) is 18.0 Å². The van der Waals surface area contributed by atoms with E-state index in [1.807, 2.05) is 34.6 Å². The number of aryl methyl sites for hydroxylation is 1. The Labute approximate surface area is 228 Å². The number of phenols is 1. The van der Waals surface area contributed by atoms with Crippen LogP contribution in [0, 0.1) is 5.92 Å². The fraction of sp³-hybridized carbons (Fsp3) is 0.552. The van der Waals surface area contributed by atoms with E-state index in [1.165, 1.54) is 5.56 Å². The lowest BCUT2D eigenvalue weighted by Crippen LogP contribution is -2.60. The van der Waals surface area contributed by atoms with E-state index >= 15 is 0 Å². The van der Waals surface area contributed by atoms with E-state index in [2.05, 4.69) is 21.2 Å². The number of hydrogen-bond donors (Lipinski definition) is 2. The van der Waals surface area contributed by atoms with Crippen LogP contribution in [-0.4, -0.2) is 69.2 Å². The summed E-state index contributed by atoms with van der Waals surface area (Å²) >= 11 is 0. The van der Waals surface area contributed by atoms with Gasteiger partial charge in [-0.2, -0.15) is 5.10 Å². The summed E-state index contributed by atoms with van der Waals surface area (Å²) in [5.74, 6) is 2.19. The molecule has 1 aromatic carbocycles. The molecule has 2 aliphatic heterocycles. The van der Waals surface area contributed by atoms with Crippen LogP contribution in [0.25, 0.3) is 0 Å². The van der Waals surface area contributed by atoms with Gasteiger partial charge in [-0.05, 0) is 67.0 Å². The number of methoxy groups -OCH3 is 1. The van der Waals surface area contributed by atoms with Gasteiger partial charge in [0.25, 0.3) is 0 Å². The van der Waals surface area contributed by atoms with Crippen LogP contribution < -0.4 is 10.6 Å². The predicted molar refractivity (Wildman–Crippen MR) is 149 cm³/mol. The Morgan fingerprint density at radius 1 is 1.18 bits per heavy atom. The Hall–Kier alpha value is -3.37. The van der Waals surface area contributed by atoms with Crippen molar-refractivity contribution in [1.82, 2.24) is 19.3 Å². The fourth-order valence-electron chi connectivity index (χ4n) is 6.83. The molecule has 3 aromatic rings. The highest BCUT2D eigenvalue weighted by Gasteiger charge is 2.49. The molecule has 0 radical (unpaired) electrons. The summed E-state index contributed by atoms with van der Waals surface area (Å²) in [5.41, 5.74) is 2.46. The summed E-state index contributed by atoms with van der Waals surface area (Å²) < 4.78 is 15.2. The number of aromatic hydroxyl groups is 1. The topological polar surface area (TPSA) is 110 Å². The van der Waals surface area contributed by atoms with Crippen molar-refractivity contribution in [3.8, 4) is 5.75 Å². The van der Waals surface area contributed by atoms with E-state index in [-0.39, 0.29) is 17.4 Å². The first-order valence-corrected chi connectivity index (χ1v) is 14.0. The molecule has 0 spiro atoms. The van der Waals surface area contributed by atoms with Crippen LogP contribution in [0.15, 0.2) is 46.4 Å². The van der Waals surface area contributed by atoms with Crippen LogP contribution in [0.2, 0.25) is 0 Å². The average molecular weight is 535 g/mol. The van der Waals surface area contributed by atoms with Crippen LogP contribution >= 0.6 is 0 Å². The smallest absolute Gasteiger partial charge is 0.328 e. The van der Waals surface area contributed by atoms with Gasteiger partial charge in [-0.25, -0.2) is 9.79 Å². The Balaban J connectivity index is 1.49. The molecule has 2 N–H and O–H groups in total. The number of nitrogens with zero attached hydrogens (tertiary/aromatic N) is 5. The highest BCUT2D eigenvalue weighted by Crippen LogP contribution is 2.49. The first-order chi connectivity index (χ1) is 19.0. The molecule has 2 fully saturated rings. The van der Waals surface area contributed by atoms with Gasteiger partial charge in [-0.1, -0.05) is 12.8 Å². The number of H-pyrrole nitrogens is 1. The maximum Gasteiger partial charge on any atom is 0.328 e. The molecule has 6 rings (SSSR count). The summed E-state index contributed by atoms with van der Waals surface area (Å²) in [6.45, 7) is 3.10. The van der Waals surface area contributed by atoms with Gasteiger partial charge >= 0.3 is 5.69 Å². The molecular weight excluding hydrogens is 496 g/mol. The lowest BCUT2D eigenvalue weighted by Gasteiger charge is -2.52. The van der Waals surface area contributed by atoms with E-state index in [4.69, 9.17) is 14.5 Å². The molecule has 0 amide bonds. The molecule has 1 saturated heterocycles. The first kappa shape index (κ1) is 25.9. The lowest BCUT2D eigenvalue weighted by atomic mass is 9.69. The number of rotatable bonds is 7. The molecule has 2 atom stereocenters. The molecule has 10 nitrogen and oxygen atoms in total. The number of aliphatic imine (C=N–C) groups is 1. The van der Waals surface area contributed by atoms with Crippen molar-refractivity contribution in [3.05, 3.63) is 58.3 Å². The third kappa shape index (κ3) is 4.80. The van der Waals surface area contributed by atoms with Gasteiger partial charge < -0.3 is 19.5 Å². The summed E-state index contributed by atoms with van der Waals surface area (Å²) in [4.78, 5) is 24.2. The molecule has 2 aromatic heterocycles. The van der Waals surface area contributed by atoms with Gasteiger partial charge in [-0.3, -0.25) is 14.2 Å². The second-order valence-electron chi connectivity index (χ2n) is 11.2. The third-order valence-electron chi connectivity index (χ3n) is 8.80. The minimum Gasteiger partial charge on any atom is -0.508 e. The second kappa shape index (κ2) is 10.7. The van der Waals surface area contributed by atoms with Crippen molar-refractivity contribution in [2.75, 3.05) is 38.4 Å². The van der Waals surface area contributed by atoms with E-state index in [9.17, 15) is 9.90 Å². The number of benzene rings is 1. The van der Waals surface area contributed by atoms with Gasteiger partial charge in [0.2, 0.25) is 0 Å². The molecule has 1 aliphatic carbocycles. The highest BCUT2D eigenvalue weighted by molar-refractivity contribution is 6.07. The molecule has 10 heteroatoms. The normalized spacial score (nSPS) is 24.0. The molecule has 1 unspecified atom stereocenters. The number of aromatic amines is 1. The monoisotopic (exact) mass is 534 g/mol. The Bertz CT molecular complexity index is 1380. The van der Waals surface area contributed by atoms with E-state index in [1.54, 1.807) is 19.2 Å². The predicted octanol–water partition coefficient (Wildman–Crippen LogP) is 3.73. The highest BCUT2D eigenvalue weighted by atomic mass is 16.5. The van der Waals surface area contributed by atoms with E-state index < -0.39 is 5.54 Å². The number of anilines is 1. The van der Waals surface area contributed by atoms with Crippen LogP contribution in [0.3, 0.4) is 0 Å². The van der Waals surface area contributed by atoms with Crippen LogP contribution in [0.4, 0.5) is 11.6 Å². The maximum atomic E-state index is 13.5. The second-order valence-corrected chi connectivity index (χ2v) is 11.2. The van der Waals surface area contributed by atoms with Crippen molar-refractivity contribution in [2.45, 2.75) is 56.5 Å². The van der Waals surface area contributed by atoms with Crippen molar-refractivity contribution >= 4 is 17.3 Å². The number of hydrogen-bond acceptors (Lipinski definition) is 7. The largest absolute Gasteiger partial charge is 0.508 e. The summed E-state index contributed by atoms with van der Waals surface area (Å²) in [6, 6.07) is 7.17. The number of nitrogens with one attached hydrogen (secondary N) is 1. The number of ether oxygens (including phenoxy) is 2. The minimum atomic E-state index is -0.392. The Morgan fingerprint density at radius 2 is 1.97 bits per heavy atom. The molecule has 208 valence electrons. The molecule has 4 heterocycles. The summed E-state index contributed by atoms with van der Waals surface area (Å²) in [6.07, 6.45) is 10.1. The summed E-state index contributed by atoms with van der Waals surface area (Å²) in [7, 11) is 3.71. The quantitative estimate of drug-likeness (QED) is 0.478. The van der Waals surface area contributed by atoms with Crippen molar-refractivity contribution in [1.29, 1.82) is 0 Å². The van der Waals surface area contributed by atoms with Crippen LogP contribution in [0.1, 0.15) is 55.6 Å². The van der Waals surface area contributed by atoms with Gasteiger partial charge in [0.1, 0.15) is 5.75 Å². The number of phenolic OH excluding ortho intramolecular Hbond substituents is 1. The van der Waals surface area contributed by atoms with Gasteiger partial charge in [0.15, 0.2) is 11.6 Å². The van der Waals surface area contributed by atoms with Gasteiger partial charge in [-0.15, -0.1) is 0 Å². The molecule has 39 heavy (non-hydrogen) atoms. The molecular formula is C29H38N6O4. The molecule has 3 aliphatic rings. The summed E-state index contributed by atoms with van der Waals surface area (Å²) in [5, 5.41) is 14.4. The van der Waals surface area contributed by atoms with Gasteiger partial charge in [0, 0.05) is 46.0 Å². The van der Waals surface area contributed by atoms with Crippen LogP contribution in [0.5, 0.6) is 5.75 Å². The number of aromatic nitrogens is 4. The van der Waals surface area contributed by atoms with E-state index in [0.717, 1.165) is 68.8 Å². The van der Waals surface area contributed by atoms with Crippen LogP contribution in [-0.2, 0) is 23.1 Å². The van der Waals surface area contributed by atoms with Crippen molar-refractivity contribution in [3.63, 3.8) is 0 Å². The molecule has 1 saturated carbocycles. The zero-order chi connectivity index (χ0) is 27.0. The lowest BCUT2D eigenvalue weighted by molar-refractivity contribution is 0.0611. The maximum absolute atomic E-state index is 13.5. The Morgan fingerprint density at radius 3 is 2.69 bits per heavy atom. The standard InChI is InChI=1S/C29H38N6O4/c1-33-17-22(15-30-33)24-5-3-4-12-29(24,19-38-2)35-18-25(21-6-8-23(36)9-7-21)31-26-27(35)32-28(37)34(26)16-20-10-13-39-14-11-20/h6-9,15,17,20,24,36H,3-5,10-14,16,18-19H2,1-2H3,(H,32,37)/t24?,29-/m0/s1. The van der Waals surface area contributed by atoms with Gasteiger partial charge in [0.05, 0.1) is 30.6 Å².